The van der Waals surface area contributed by atoms with E-state index in [-0.39, 0.29) is 12.1 Å². The van der Waals surface area contributed by atoms with E-state index in [4.69, 9.17) is 0 Å². The second-order valence-electron chi connectivity index (χ2n) is 5.33. The fraction of sp³-hybridized carbons (Fsp3) is 0.500. The van der Waals surface area contributed by atoms with Gasteiger partial charge in [0.25, 0.3) is 0 Å². The molecule has 2 aliphatic rings. The third-order valence-electron chi connectivity index (χ3n) is 3.76. The van der Waals surface area contributed by atoms with Gasteiger partial charge in [-0.25, -0.2) is 0 Å². The molecule has 0 radical (unpaired) electrons. The van der Waals surface area contributed by atoms with E-state index in [1.165, 1.54) is 12.1 Å². The number of nitrogens with zero attached hydrogens (tertiary/aromatic N) is 2. The number of alkyl halides is 3. The van der Waals surface area contributed by atoms with Gasteiger partial charge in [-0.05, 0) is 31.0 Å². The Morgan fingerprint density at radius 3 is 2.90 bits per heavy atom. The molecule has 2 atom stereocenters. The van der Waals surface area contributed by atoms with E-state index in [2.05, 4.69) is 15.2 Å². The van der Waals surface area contributed by atoms with Crippen LogP contribution in [0.25, 0.3) is 0 Å². The van der Waals surface area contributed by atoms with Gasteiger partial charge >= 0.3 is 6.18 Å². The minimum absolute atomic E-state index is 0.0257. The van der Waals surface area contributed by atoms with E-state index in [9.17, 15) is 13.2 Å². The molecule has 0 aliphatic carbocycles. The van der Waals surface area contributed by atoms with Crippen LogP contribution in [0.4, 0.5) is 13.2 Å². The second-order valence-corrected chi connectivity index (χ2v) is 5.33. The van der Waals surface area contributed by atoms with E-state index >= 15 is 0 Å². The number of guanidine groups is 1. The smallest absolute Gasteiger partial charge is 0.352 e. The molecule has 3 nitrogen and oxygen atoms in total. The first kappa shape index (κ1) is 13.3. The van der Waals surface area contributed by atoms with E-state index in [0.29, 0.717) is 12.1 Å². The fourth-order valence-electron chi connectivity index (χ4n) is 2.86. The number of benzene rings is 1. The largest absolute Gasteiger partial charge is 0.416 e. The topological polar surface area (TPSA) is 27.6 Å². The van der Waals surface area contributed by atoms with Gasteiger partial charge in [0.2, 0.25) is 0 Å². The molecule has 108 valence electrons. The van der Waals surface area contributed by atoms with Crippen LogP contribution in [0.2, 0.25) is 0 Å². The predicted molar refractivity (Wildman–Crippen MR) is 70.4 cm³/mol. The number of nitrogens with one attached hydrogen (secondary N) is 1. The van der Waals surface area contributed by atoms with Crippen LogP contribution < -0.4 is 5.32 Å². The molecule has 6 heteroatoms. The lowest BCUT2D eigenvalue weighted by molar-refractivity contribution is -0.137. The second kappa shape index (κ2) is 4.68. The molecule has 0 aromatic heterocycles. The summed E-state index contributed by atoms with van der Waals surface area (Å²) in [6.45, 7) is 3.47. The molecule has 0 saturated carbocycles. The highest BCUT2D eigenvalue weighted by Gasteiger charge is 2.35. The van der Waals surface area contributed by atoms with E-state index < -0.39 is 11.7 Å². The molecule has 2 unspecified atom stereocenters. The first-order chi connectivity index (χ1) is 9.45. The Kier molecular flexibility index (Phi) is 3.11. The monoisotopic (exact) mass is 283 g/mol. The van der Waals surface area contributed by atoms with Crippen molar-refractivity contribution in [3.63, 3.8) is 0 Å². The minimum Gasteiger partial charge on any atom is -0.352 e. The Morgan fingerprint density at radius 2 is 2.15 bits per heavy atom. The molecule has 2 heterocycles. The molecule has 3 rings (SSSR count). The molecule has 1 aromatic rings. The van der Waals surface area contributed by atoms with Gasteiger partial charge in [-0.1, -0.05) is 12.1 Å². The number of hydrogen-bond acceptors (Lipinski definition) is 3. The van der Waals surface area contributed by atoms with Crippen LogP contribution in [-0.4, -0.2) is 30.0 Å². The van der Waals surface area contributed by atoms with Crippen LogP contribution in [0.3, 0.4) is 0 Å². The molecule has 0 spiro atoms. The lowest BCUT2D eigenvalue weighted by Gasteiger charge is -2.32. The maximum atomic E-state index is 12.8. The van der Waals surface area contributed by atoms with Crippen molar-refractivity contribution >= 4 is 5.96 Å². The summed E-state index contributed by atoms with van der Waals surface area (Å²) >= 11 is 0. The van der Waals surface area contributed by atoms with Crippen molar-refractivity contribution in [2.45, 2.75) is 31.6 Å². The van der Waals surface area contributed by atoms with Crippen molar-refractivity contribution in [3.05, 3.63) is 35.4 Å². The van der Waals surface area contributed by atoms with Gasteiger partial charge < -0.3 is 10.2 Å². The van der Waals surface area contributed by atoms with Crippen molar-refractivity contribution in [1.29, 1.82) is 0 Å². The lowest BCUT2D eigenvalue weighted by atomic mass is 9.99. The minimum atomic E-state index is -4.29. The zero-order valence-corrected chi connectivity index (χ0v) is 11.1. The molecular formula is C14H16F3N3. The predicted octanol–water partition coefficient (Wildman–Crippen LogP) is 2.80. The summed E-state index contributed by atoms with van der Waals surface area (Å²) in [4.78, 5) is 6.47. The Hall–Kier alpha value is -1.72. The Balaban J connectivity index is 1.91. The zero-order chi connectivity index (χ0) is 14.3. The summed E-state index contributed by atoms with van der Waals surface area (Å²) in [7, 11) is 0. The maximum absolute atomic E-state index is 12.8. The first-order valence-electron chi connectivity index (χ1n) is 6.70. The highest BCUT2D eigenvalue weighted by Crippen LogP contribution is 2.34. The van der Waals surface area contributed by atoms with Crippen LogP contribution in [0, 0.1) is 0 Å². The van der Waals surface area contributed by atoms with Gasteiger partial charge in [0, 0.05) is 19.1 Å². The lowest BCUT2D eigenvalue weighted by Crippen LogP contribution is -2.37. The zero-order valence-electron chi connectivity index (χ0n) is 11.1. The average molecular weight is 283 g/mol. The van der Waals surface area contributed by atoms with Crippen molar-refractivity contribution in [2.24, 2.45) is 4.99 Å². The number of aliphatic imine (C=N–C) groups is 1. The standard InChI is InChI=1S/C14H16F3N3/c1-9-8-20-12(5-6-18-13(20)19-9)10-3-2-4-11(7-10)14(15,16)17/h2-4,7,9,12H,5-6,8H2,1H3,(H,18,19). The Bertz CT molecular complexity index is 539. The number of fused-ring (bicyclic) bond motifs is 1. The molecular weight excluding hydrogens is 267 g/mol. The van der Waals surface area contributed by atoms with Gasteiger partial charge in [0.1, 0.15) is 0 Å². The average Bonchev–Trinajstić information content (AvgIpc) is 2.77. The molecule has 0 bridgehead atoms. The Morgan fingerprint density at radius 1 is 1.35 bits per heavy atom. The summed E-state index contributed by atoms with van der Waals surface area (Å²) in [6.07, 6.45) is -3.54. The van der Waals surface area contributed by atoms with Gasteiger partial charge in [-0.2, -0.15) is 13.2 Å². The van der Waals surface area contributed by atoms with Gasteiger partial charge in [-0.3, -0.25) is 4.99 Å². The summed E-state index contributed by atoms with van der Waals surface area (Å²) < 4.78 is 38.4. The van der Waals surface area contributed by atoms with Crippen LogP contribution in [0.1, 0.15) is 30.5 Å². The summed E-state index contributed by atoms with van der Waals surface area (Å²) in [6, 6.07) is 5.88. The normalized spacial score (nSPS) is 26.0. The van der Waals surface area contributed by atoms with Gasteiger partial charge in [-0.15, -0.1) is 0 Å². The van der Waals surface area contributed by atoms with Crippen LogP contribution in [0.5, 0.6) is 0 Å². The van der Waals surface area contributed by atoms with E-state index in [1.807, 2.05) is 6.92 Å². The molecule has 1 saturated heterocycles. The van der Waals surface area contributed by atoms with Crippen molar-refractivity contribution in [2.75, 3.05) is 13.1 Å². The van der Waals surface area contributed by atoms with Crippen LogP contribution in [0.15, 0.2) is 29.3 Å². The van der Waals surface area contributed by atoms with E-state index in [1.54, 1.807) is 6.07 Å². The molecule has 2 aliphatic heterocycles. The van der Waals surface area contributed by atoms with Crippen molar-refractivity contribution in [1.82, 2.24) is 10.2 Å². The number of hydrogen-bond donors (Lipinski definition) is 1. The highest BCUT2D eigenvalue weighted by atomic mass is 19.4. The van der Waals surface area contributed by atoms with Crippen molar-refractivity contribution < 1.29 is 13.2 Å². The quantitative estimate of drug-likeness (QED) is 0.858. The number of rotatable bonds is 1. The van der Waals surface area contributed by atoms with Gasteiger partial charge in [0.15, 0.2) is 5.96 Å². The molecule has 1 N–H and O–H groups in total. The molecule has 1 aromatic carbocycles. The van der Waals surface area contributed by atoms with Gasteiger partial charge in [0.05, 0.1) is 11.6 Å². The summed E-state index contributed by atoms with van der Waals surface area (Å²) in [5.41, 5.74) is 0.127. The third-order valence-corrected chi connectivity index (χ3v) is 3.76. The Labute approximate surface area is 115 Å². The molecule has 1 fully saturated rings. The van der Waals surface area contributed by atoms with Crippen LogP contribution >= 0.6 is 0 Å². The van der Waals surface area contributed by atoms with Crippen molar-refractivity contribution in [3.8, 4) is 0 Å². The molecule has 0 amide bonds. The summed E-state index contributed by atoms with van der Waals surface area (Å²) in [5.74, 6) is 0.811. The molecule has 20 heavy (non-hydrogen) atoms. The first-order valence-corrected chi connectivity index (χ1v) is 6.70. The third kappa shape index (κ3) is 2.34. The van der Waals surface area contributed by atoms with Crippen LogP contribution in [-0.2, 0) is 6.18 Å². The fourth-order valence-corrected chi connectivity index (χ4v) is 2.86. The van der Waals surface area contributed by atoms with E-state index in [0.717, 1.165) is 25.0 Å². The highest BCUT2D eigenvalue weighted by molar-refractivity contribution is 5.83. The SMILES string of the molecule is CC1CN2C(=NCCC2c2cccc(C(F)(F)F)c2)N1. The number of halogens is 3. The summed E-state index contributed by atoms with van der Waals surface area (Å²) in [5, 5.41) is 3.25. The maximum Gasteiger partial charge on any atom is 0.416 e.